The Labute approximate surface area is 288 Å². The third-order valence-corrected chi connectivity index (χ3v) is 10.6. The van der Waals surface area contributed by atoms with Crippen LogP contribution in [0.4, 0.5) is 4.79 Å². The molecule has 11 atom stereocenters. The first-order valence-electron chi connectivity index (χ1n) is 14.6. The number of ether oxygens (including phenoxy) is 3. The standard InChI is InChI=1S/C30H47NO11.Ac/c1-13-16(41-24(36)20(33)15(3)31-25(37)42-26(4,5)6)11-30(39)14(2)22-28(9,17(32)10-18-29(22,38)12-40-18)23(35)21(34)19(13)27(30,7)8;/h14-18,20-22,32-34,38-39H,10-12H2,1-9H3,(H,31,37);/t14-,15-,16?,17-,18+,20+,21+,22-,28+,29-,30+;/m0./s1. The van der Waals surface area contributed by atoms with Crippen LogP contribution in [0, 0.1) is 66.7 Å². The summed E-state index contributed by atoms with van der Waals surface area (Å²) in [6.07, 6.45) is -7.71. The molecule has 2 bridgehead atoms. The summed E-state index contributed by atoms with van der Waals surface area (Å²) in [7, 11) is 0. The van der Waals surface area contributed by atoms with Crippen LogP contribution < -0.4 is 5.32 Å². The minimum atomic E-state index is -1.79. The van der Waals surface area contributed by atoms with Gasteiger partial charge in [-0.25, -0.2) is 9.59 Å². The van der Waals surface area contributed by atoms with Crippen molar-refractivity contribution >= 4 is 17.8 Å². The summed E-state index contributed by atoms with van der Waals surface area (Å²) < 4.78 is 16.4. The van der Waals surface area contributed by atoms with Gasteiger partial charge in [0.15, 0.2) is 11.9 Å². The molecule has 1 unspecified atom stereocenters. The molecule has 1 amide bonds. The Morgan fingerprint density at radius 2 is 1.72 bits per heavy atom. The van der Waals surface area contributed by atoms with Gasteiger partial charge in [0.2, 0.25) is 0 Å². The van der Waals surface area contributed by atoms with Gasteiger partial charge in [-0.3, -0.25) is 4.79 Å². The van der Waals surface area contributed by atoms with Gasteiger partial charge in [-0.05, 0) is 58.6 Å². The molecular weight excluding hydrogens is 777 g/mol. The summed E-state index contributed by atoms with van der Waals surface area (Å²) in [6.45, 7) is 14.5. The van der Waals surface area contributed by atoms with E-state index in [0.29, 0.717) is 5.57 Å². The number of esters is 1. The summed E-state index contributed by atoms with van der Waals surface area (Å²) >= 11 is 0. The molecule has 1 radical (unpaired) electrons. The van der Waals surface area contributed by atoms with Crippen LogP contribution in [0.3, 0.4) is 0 Å². The molecule has 12 nitrogen and oxygen atoms in total. The maximum absolute atomic E-state index is 14.1. The number of Topliss-reactive ketones (excluding diaryl/α,β-unsaturated/α-hetero) is 1. The Morgan fingerprint density at radius 1 is 1.14 bits per heavy atom. The zero-order valence-electron chi connectivity index (χ0n) is 26.5. The van der Waals surface area contributed by atoms with Gasteiger partial charge in [0.05, 0.1) is 35.9 Å². The fourth-order valence-corrected chi connectivity index (χ4v) is 8.10. The monoisotopic (exact) mass is 824 g/mol. The van der Waals surface area contributed by atoms with Crippen molar-refractivity contribution < 1.29 is 98.2 Å². The minimum Gasteiger partial charge on any atom is -0.456 e. The third-order valence-electron chi connectivity index (χ3n) is 10.6. The van der Waals surface area contributed by atoms with Gasteiger partial charge >= 0.3 is 12.1 Å². The van der Waals surface area contributed by atoms with Crippen molar-refractivity contribution in [3.8, 4) is 0 Å². The third kappa shape index (κ3) is 5.66. The molecule has 1 heterocycles. The summed E-state index contributed by atoms with van der Waals surface area (Å²) in [6, 6.07) is -1.09. The van der Waals surface area contributed by atoms with Gasteiger partial charge in [-0.15, -0.1) is 0 Å². The normalized spacial score (nSPS) is 41.6. The fraction of sp³-hybridized carbons (Fsp3) is 0.833. The number of hydrogen-bond donors (Lipinski definition) is 6. The van der Waals surface area contributed by atoms with E-state index in [9.17, 15) is 39.9 Å². The molecule has 4 aliphatic rings. The van der Waals surface area contributed by atoms with Crippen molar-refractivity contribution in [1.82, 2.24) is 5.32 Å². The maximum atomic E-state index is 14.1. The molecule has 6 N–H and O–H groups in total. The molecular formula is C30H47AcNO11. The number of nitrogens with one attached hydrogen (secondary N) is 1. The molecule has 0 spiro atoms. The SMILES string of the molecule is CC1=C2[C@@H](O)C(=O)[C@@]3(C)[C@H]([C@H](C)[C@](O)(CC1OC(=O)[C@H](O)[C@H](C)NC(=O)OC(C)(C)C)C2(C)C)[C@]1(O)CO[C@@H]1C[C@@H]3O.[Ac]. The molecule has 0 aromatic rings. The van der Waals surface area contributed by atoms with E-state index in [1.54, 1.807) is 48.5 Å². The zero-order chi connectivity index (χ0) is 32.0. The predicted octanol–water partition coefficient (Wildman–Crippen LogP) is 0.747. The molecule has 43 heavy (non-hydrogen) atoms. The number of carbonyl (C=O) groups excluding carboxylic acids is 3. The maximum Gasteiger partial charge on any atom is 0.407 e. The van der Waals surface area contributed by atoms with E-state index in [-0.39, 0.29) is 69.1 Å². The topological polar surface area (TPSA) is 192 Å². The number of aliphatic hydroxyl groups is 5. The molecule has 4 rings (SSSR count). The van der Waals surface area contributed by atoms with Crippen LogP contribution in [0.5, 0.6) is 0 Å². The van der Waals surface area contributed by atoms with Crippen molar-refractivity contribution in [3.05, 3.63) is 11.1 Å². The van der Waals surface area contributed by atoms with Gasteiger partial charge in [-0.2, -0.15) is 0 Å². The van der Waals surface area contributed by atoms with E-state index in [1.165, 1.54) is 13.8 Å². The van der Waals surface area contributed by atoms with Crippen molar-refractivity contribution in [2.24, 2.45) is 22.7 Å². The van der Waals surface area contributed by atoms with Gasteiger partial charge in [0.1, 0.15) is 23.4 Å². The number of ketones is 1. The Bertz CT molecular complexity index is 1180. The number of aliphatic hydroxyl groups excluding tert-OH is 3. The van der Waals surface area contributed by atoms with Gasteiger partial charge < -0.3 is 45.1 Å². The van der Waals surface area contributed by atoms with Gasteiger partial charge in [-0.1, -0.05) is 20.8 Å². The second-order valence-electron chi connectivity index (χ2n) is 14.5. The van der Waals surface area contributed by atoms with E-state index in [2.05, 4.69) is 5.32 Å². The van der Waals surface area contributed by atoms with E-state index in [4.69, 9.17) is 14.2 Å². The largest absolute Gasteiger partial charge is 0.456 e. The van der Waals surface area contributed by atoms with Gasteiger partial charge in [0, 0.05) is 68.2 Å². The smallest absolute Gasteiger partial charge is 0.407 e. The fourth-order valence-electron chi connectivity index (χ4n) is 8.10. The quantitative estimate of drug-likeness (QED) is 0.173. The molecule has 0 aromatic carbocycles. The number of alkyl carbamates (subject to hydrolysis) is 1. The Kier molecular flexibility index (Phi) is 10.2. The molecule has 1 aliphatic heterocycles. The van der Waals surface area contributed by atoms with Crippen molar-refractivity contribution in [1.29, 1.82) is 0 Å². The second kappa shape index (κ2) is 11.9. The van der Waals surface area contributed by atoms with Crippen LogP contribution in [0.1, 0.15) is 75.2 Å². The first kappa shape index (κ1) is 36.8. The van der Waals surface area contributed by atoms with Crippen LogP contribution in [0.2, 0.25) is 0 Å². The zero-order valence-corrected chi connectivity index (χ0v) is 31.2. The van der Waals surface area contributed by atoms with E-state index >= 15 is 0 Å². The first-order valence-corrected chi connectivity index (χ1v) is 14.6. The van der Waals surface area contributed by atoms with Crippen LogP contribution in [-0.4, -0.2) is 103 Å². The number of hydrogen-bond acceptors (Lipinski definition) is 11. The number of rotatable bonds is 4. The van der Waals surface area contributed by atoms with Crippen molar-refractivity contribution in [2.75, 3.05) is 6.61 Å². The molecule has 1 saturated heterocycles. The summed E-state index contributed by atoms with van der Waals surface area (Å²) in [4.78, 5) is 39.4. The second-order valence-corrected chi connectivity index (χ2v) is 14.5. The molecule has 3 fully saturated rings. The molecule has 13 heteroatoms. The van der Waals surface area contributed by atoms with Gasteiger partial charge in [0.25, 0.3) is 0 Å². The Hall–Kier alpha value is -0.648. The molecule has 0 aromatic heterocycles. The predicted molar refractivity (Wildman–Crippen MR) is 148 cm³/mol. The molecule has 3 aliphatic carbocycles. The Morgan fingerprint density at radius 3 is 2.23 bits per heavy atom. The van der Waals surface area contributed by atoms with E-state index in [1.807, 2.05) is 0 Å². The van der Waals surface area contributed by atoms with Crippen LogP contribution in [0.15, 0.2) is 11.1 Å². The molecule has 241 valence electrons. The summed E-state index contributed by atoms with van der Waals surface area (Å²) in [5.74, 6) is -3.63. The summed E-state index contributed by atoms with van der Waals surface area (Å²) in [5, 5.41) is 60.2. The average Bonchev–Trinajstić information content (AvgIpc) is 2.85. The average molecular weight is 825 g/mol. The van der Waals surface area contributed by atoms with Crippen molar-refractivity contribution in [3.63, 3.8) is 0 Å². The van der Waals surface area contributed by atoms with E-state index < -0.39 is 93.9 Å². The van der Waals surface area contributed by atoms with Crippen LogP contribution in [-0.2, 0) is 23.8 Å². The summed E-state index contributed by atoms with van der Waals surface area (Å²) in [5.41, 5.74) is -6.42. The van der Waals surface area contributed by atoms with E-state index in [0.717, 1.165) is 0 Å². The number of fused-ring (bicyclic) bond motifs is 5. The number of amides is 1. The number of carbonyl (C=O) groups is 3. The van der Waals surface area contributed by atoms with Crippen molar-refractivity contribution in [2.45, 2.75) is 129 Å². The van der Waals surface area contributed by atoms with Crippen LogP contribution >= 0.6 is 0 Å². The Balaban J connectivity index is 0.00000506. The van der Waals surface area contributed by atoms with Crippen LogP contribution in [0.25, 0.3) is 0 Å². The molecule has 2 saturated carbocycles. The minimum absolute atomic E-state index is 0. The first-order chi connectivity index (χ1) is 19.0.